The summed E-state index contributed by atoms with van der Waals surface area (Å²) in [5.74, 6) is 0.0666. The molecule has 170 valence electrons. The molecule has 0 saturated carbocycles. The van der Waals surface area contributed by atoms with Crippen molar-refractivity contribution in [3.63, 3.8) is 0 Å². The minimum absolute atomic E-state index is 0.103. The van der Waals surface area contributed by atoms with Crippen LogP contribution in [0.1, 0.15) is 47.4 Å². The Bertz CT molecular complexity index is 1100. The Morgan fingerprint density at radius 3 is 2.18 bits per heavy atom. The molecular weight excluding hydrogens is 410 g/mol. The summed E-state index contributed by atoms with van der Waals surface area (Å²) in [6, 6.07) is 23.2. The molecule has 0 spiro atoms. The van der Waals surface area contributed by atoms with Crippen LogP contribution in [0.4, 0.5) is 11.4 Å². The molecule has 0 radical (unpaired) electrons. The number of hydrogen-bond donors (Lipinski definition) is 2. The predicted octanol–water partition coefficient (Wildman–Crippen LogP) is 5.59. The zero-order chi connectivity index (χ0) is 23.2. The van der Waals surface area contributed by atoms with Crippen molar-refractivity contribution in [1.29, 1.82) is 0 Å². The second-order valence-corrected chi connectivity index (χ2v) is 8.93. The summed E-state index contributed by atoms with van der Waals surface area (Å²) >= 11 is 0. The van der Waals surface area contributed by atoms with Crippen molar-refractivity contribution in [2.24, 2.45) is 5.92 Å². The number of hydrogen-bond acceptors (Lipinski definition) is 3. The molecule has 1 saturated heterocycles. The van der Waals surface area contributed by atoms with Gasteiger partial charge in [0, 0.05) is 36.6 Å². The lowest BCUT2D eigenvalue weighted by Gasteiger charge is -2.22. The first-order valence-corrected chi connectivity index (χ1v) is 11.7. The highest BCUT2D eigenvalue weighted by Gasteiger charge is 2.21. The van der Waals surface area contributed by atoms with Gasteiger partial charge in [-0.3, -0.25) is 9.59 Å². The summed E-state index contributed by atoms with van der Waals surface area (Å²) in [4.78, 5) is 28.1. The molecule has 1 aliphatic rings. The summed E-state index contributed by atoms with van der Waals surface area (Å²) < 4.78 is 0. The topological polar surface area (TPSA) is 61.4 Å². The Hall–Kier alpha value is -3.60. The Morgan fingerprint density at radius 2 is 1.52 bits per heavy atom. The maximum absolute atomic E-state index is 13.0. The van der Waals surface area contributed by atoms with Crippen molar-refractivity contribution in [2.75, 3.05) is 29.9 Å². The molecule has 1 aliphatic heterocycles. The van der Waals surface area contributed by atoms with Gasteiger partial charge in [0.25, 0.3) is 11.8 Å². The van der Waals surface area contributed by atoms with Gasteiger partial charge in [-0.15, -0.1) is 0 Å². The van der Waals surface area contributed by atoms with Crippen LogP contribution in [-0.4, -0.2) is 31.4 Å². The summed E-state index contributed by atoms with van der Waals surface area (Å²) in [6.07, 6.45) is 2.26. The van der Waals surface area contributed by atoms with Crippen LogP contribution >= 0.6 is 0 Å². The number of carbonyl (C=O) groups is 2. The van der Waals surface area contributed by atoms with Crippen molar-refractivity contribution >= 4 is 23.2 Å². The van der Waals surface area contributed by atoms with Gasteiger partial charge in [0.1, 0.15) is 0 Å². The molecule has 33 heavy (non-hydrogen) atoms. The highest BCUT2D eigenvalue weighted by molar-refractivity contribution is 6.06. The van der Waals surface area contributed by atoms with Gasteiger partial charge in [-0.05, 0) is 60.2 Å². The highest BCUT2D eigenvalue weighted by Crippen LogP contribution is 2.28. The normalized spacial score (nSPS) is 13.2. The number of benzene rings is 3. The van der Waals surface area contributed by atoms with Crippen molar-refractivity contribution in [3.8, 4) is 11.1 Å². The summed E-state index contributed by atoms with van der Waals surface area (Å²) in [6.45, 7) is 6.65. The molecule has 1 heterocycles. The predicted molar refractivity (Wildman–Crippen MR) is 135 cm³/mol. The van der Waals surface area contributed by atoms with Crippen LogP contribution < -0.4 is 15.5 Å². The van der Waals surface area contributed by atoms with Crippen molar-refractivity contribution in [1.82, 2.24) is 5.32 Å². The third-order valence-corrected chi connectivity index (χ3v) is 5.87. The number of nitrogens with one attached hydrogen (secondary N) is 2. The van der Waals surface area contributed by atoms with Crippen LogP contribution in [-0.2, 0) is 0 Å². The highest BCUT2D eigenvalue weighted by atomic mass is 16.2. The van der Waals surface area contributed by atoms with E-state index in [1.165, 1.54) is 0 Å². The van der Waals surface area contributed by atoms with Crippen LogP contribution in [0.2, 0.25) is 0 Å². The Balaban J connectivity index is 1.52. The van der Waals surface area contributed by atoms with E-state index in [0.717, 1.165) is 42.7 Å². The molecule has 2 amide bonds. The number of carbonyl (C=O) groups excluding carboxylic acids is 2. The number of nitrogens with zero attached hydrogens (tertiary/aromatic N) is 1. The molecule has 5 heteroatoms. The smallest absolute Gasteiger partial charge is 0.255 e. The molecule has 3 aromatic carbocycles. The average Bonchev–Trinajstić information content (AvgIpc) is 3.38. The minimum Gasteiger partial charge on any atom is -0.371 e. The fourth-order valence-corrected chi connectivity index (χ4v) is 4.07. The Labute approximate surface area is 195 Å². The molecule has 0 atom stereocenters. The van der Waals surface area contributed by atoms with Gasteiger partial charge in [0.2, 0.25) is 0 Å². The minimum atomic E-state index is -0.197. The van der Waals surface area contributed by atoms with E-state index in [4.69, 9.17) is 0 Å². The molecule has 1 fully saturated rings. The summed E-state index contributed by atoms with van der Waals surface area (Å²) in [5, 5.41) is 5.98. The Kier molecular flexibility index (Phi) is 7.08. The molecule has 0 aromatic heterocycles. The van der Waals surface area contributed by atoms with Crippen LogP contribution in [0.3, 0.4) is 0 Å². The second kappa shape index (κ2) is 10.3. The maximum Gasteiger partial charge on any atom is 0.255 e. The molecule has 0 bridgehead atoms. The zero-order valence-electron chi connectivity index (χ0n) is 19.3. The van der Waals surface area contributed by atoms with Gasteiger partial charge in [-0.2, -0.15) is 0 Å². The Morgan fingerprint density at radius 1 is 0.848 bits per heavy atom. The van der Waals surface area contributed by atoms with Gasteiger partial charge in [-0.1, -0.05) is 56.3 Å². The fraction of sp³-hybridized carbons (Fsp3) is 0.286. The van der Waals surface area contributed by atoms with Crippen molar-refractivity contribution < 1.29 is 9.59 Å². The largest absolute Gasteiger partial charge is 0.371 e. The molecule has 0 unspecified atom stereocenters. The average molecular weight is 442 g/mol. The van der Waals surface area contributed by atoms with E-state index in [2.05, 4.69) is 29.4 Å². The quantitative estimate of drug-likeness (QED) is 0.502. The van der Waals surface area contributed by atoms with Crippen molar-refractivity contribution in [3.05, 3.63) is 83.9 Å². The molecule has 0 aliphatic carbocycles. The molecule has 4 rings (SSSR count). The number of rotatable bonds is 7. The van der Waals surface area contributed by atoms with Gasteiger partial charge in [-0.25, -0.2) is 0 Å². The summed E-state index contributed by atoms with van der Waals surface area (Å²) in [5.41, 5.74) is 4.90. The lowest BCUT2D eigenvalue weighted by atomic mass is 10.0. The van der Waals surface area contributed by atoms with Gasteiger partial charge in [0.15, 0.2) is 0 Å². The standard InChI is InChI=1S/C28H31N3O2/c1-20(2)19-29-28(33)25-18-24(14-15-26(25)31-16-6-7-17-31)30-27(32)23-12-10-22(11-13-23)21-8-4-3-5-9-21/h3-5,8-15,18,20H,6-7,16-17,19H2,1-2H3,(H,29,33)(H,30,32). The van der Waals surface area contributed by atoms with E-state index >= 15 is 0 Å². The van der Waals surface area contributed by atoms with Crippen LogP contribution in [0.25, 0.3) is 11.1 Å². The zero-order valence-corrected chi connectivity index (χ0v) is 19.3. The van der Waals surface area contributed by atoms with Crippen LogP contribution in [0, 0.1) is 5.92 Å². The molecule has 5 nitrogen and oxygen atoms in total. The molecular formula is C28H31N3O2. The SMILES string of the molecule is CC(C)CNC(=O)c1cc(NC(=O)c2ccc(-c3ccccc3)cc2)ccc1N1CCCC1. The van der Waals surface area contributed by atoms with Gasteiger partial charge < -0.3 is 15.5 Å². The van der Waals surface area contributed by atoms with E-state index in [1.54, 1.807) is 6.07 Å². The third kappa shape index (κ3) is 5.61. The molecule has 3 aromatic rings. The van der Waals surface area contributed by atoms with Crippen molar-refractivity contribution in [2.45, 2.75) is 26.7 Å². The van der Waals surface area contributed by atoms with Gasteiger partial charge >= 0.3 is 0 Å². The maximum atomic E-state index is 13.0. The second-order valence-electron chi connectivity index (χ2n) is 8.93. The fourth-order valence-electron chi connectivity index (χ4n) is 4.07. The van der Waals surface area contributed by atoms with Crippen LogP contribution in [0.15, 0.2) is 72.8 Å². The van der Waals surface area contributed by atoms with E-state index < -0.39 is 0 Å². The third-order valence-electron chi connectivity index (χ3n) is 5.87. The number of amides is 2. The first-order chi connectivity index (χ1) is 16.0. The monoisotopic (exact) mass is 441 g/mol. The first-order valence-electron chi connectivity index (χ1n) is 11.7. The number of anilines is 2. The van der Waals surface area contributed by atoms with E-state index in [9.17, 15) is 9.59 Å². The summed E-state index contributed by atoms with van der Waals surface area (Å²) in [7, 11) is 0. The van der Waals surface area contributed by atoms with Crippen LogP contribution in [0.5, 0.6) is 0 Å². The van der Waals surface area contributed by atoms with Gasteiger partial charge in [0.05, 0.1) is 5.56 Å². The first kappa shape index (κ1) is 22.6. The van der Waals surface area contributed by atoms with E-state index in [0.29, 0.717) is 29.3 Å². The molecule has 2 N–H and O–H groups in total. The van der Waals surface area contributed by atoms with E-state index in [1.807, 2.05) is 66.7 Å². The lowest BCUT2D eigenvalue weighted by molar-refractivity contribution is 0.0948. The lowest BCUT2D eigenvalue weighted by Crippen LogP contribution is -2.30. The van der Waals surface area contributed by atoms with E-state index in [-0.39, 0.29) is 11.8 Å².